The molecule has 1 aliphatic heterocycles. The highest BCUT2D eigenvalue weighted by Gasteiger charge is 2.44. The molecule has 8 heteroatoms. The number of fused-ring (bicyclic) bond motifs is 1. The van der Waals surface area contributed by atoms with Crippen LogP contribution in [0.3, 0.4) is 0 Å². The monoisotopic (exact) mass is 469 g/mol. The second-order valence-corrected chi connectivity index (χ2v) is 10.8. The number of amides is 1. The van der Waals surface area contributed by atoms with Crippen molar-refractivity contribution in [2.24, 2.45) is 0 Å². The lowest BCUT2D eigenvalue weighted by Crippen LogP contribution is -2.51. The quantitative estimate of drug-likeness (QED) is 0.444. The van der Waals surface area contributed by atoms with Gasteiger partial charge < -0.3 is 0 Å². The fraction of sp³-hybridized carbons (Fsp3) is 0.292. The van der Waals surface area contributed by atoms with E-state index < -0.39 is 16.1 Å². The molecule has 4 rings (SSSR count). The van der Waals surface area contributed by atoms with Crippen LogP contribution in [0.25, 0.3) is 10.8 Å². The lowest BCUT2D eigenvalue weighted by atomic mass is 10.1. The zero-order valence-electron chi connectivity index (χ0n) is 18.1. The van der Waals surface area contributed by atoms with Crippen LogP contribution >= 0.6 is 12.6 Å². The van der Waals surface area contributed by atoms with Crippen molar-refractivity contribution < 1.29 is 13.2 Å². The zero-order valence-corrected chi connectivity index (χ0v) is 19.8. The Kier molecular flexibility index (Phi) is 6.57. The number of carbonyl (C=O) groups is 1. The summed E-state index contributed by atoms with van der Waals surface area (Å²) in [6.07, 6.45) is 0.373. The average Bonchev–Trinajstić information content (AvgIpc) is 3.21. The van der Waals surface area contributed by atoms with Crippen LogP contribution in [-0.2, 0) is 21.4 Å². The molecule has 1 amide bonds. The maximum atomic E-state index is 13.5. The second kappa shape index (κ2) is 9.23. The van der Waals surface area contributed by atoms with Gasteiger partial charge in [-0.1, -0.05) is 60.7 Å². The topological polar surface area (TPSA) is 60.9 Å². The maximum absolute atomic E-state index is 13.5. The number of benzene rings is 3. The van der Waals surface area contributed by atoms with Crippen molar-refractivity contribution >= 4 is 39.3 Å². The zero-order chi connectivity index (χ0) is 22.9. The van der Waals surface area contributed by atoms with Gasteiger partial charge in [0, 0.05) is 32.4 Å². The van der Waals surface area contributed by atoms with Gasteiger partial charge in [0.05, 0.1) is 4.90 Å². The molecule has 0 radical (unpaired) electrons. The van der Waals surface area contributed by atoms with E-state index in [1.165, 1.54) is 9.31 Å². The molecule has 32 heavy (non-hydrogen) atoms. The van der Waals surface area contributed by atoms with Gasteiger partial charge in [-0.05, 0) is 34.9 Å². The Bertz CT molecular complexity index is 1220. The molecule has 0 aromatic heterocycles. The predicted molar refractivity (Wildman–Crippen MR) is 130 cm³/mol. The van der Waals surface area contributed by atoms with E-state index in [1.54, 1.807) is 30.3 Å². The summed E-state index contributed by atoms with van der Waals surface area (Å²) in [4.78, 5) is 13.6. The fourth-order valence-corrected chi connectivity index (χ4v) is 6.24. The van der Waals surface area contributed by atoms with Crippen molar-refractivity contribution in [1.29, 1.82) is 0 Å². The van der Waals surface area contributed by atoms with E-state index in [4.69, 9.17) is 0 Å². The molecule has 1 aliphatic rings. The van der Waals surface area contributed by atoms with Gasteiger partial charge >= 0.3 is 0 Å². The number of nitrogens with zero attached hydrogens (tertiary/aromatic N) is 3. The van der Waals surface area contributed by atoms with Gasteiger partial charge in [-0.3, -0.25) is 9.80 Å². The summed E-state index contributed by atoms with van der Waals surface area (Å²) in [5, 5.41) is 4.91. The molecular weight excluding hydrogens is 442 g/mol. The Morgan fingerprint density at radius 3 is 2.38 bits per heavy atom. The van der Waals surface area contributed by atoms with Gasteiger partial charge in [0.1, 0.15) is 6.04 Å². The molecule has 0 N–H and O–H groups in total. The summed E-state index contributed by atoms with van der Waals surface area (Å²) in [5.74, 6) is -0.260. The van der Waals surface area contributed by atoms with Gasteiger partial charge in [-0.2, -0.15) is 16.9 Å². The van der Waals surface area contributed by atoms with Crippen molar-refractivity contribution in [2.45, 2.75) is 29.2 Å². The Balaban J connectivity index is 1.58. The Labute approximate surface area is 194 Å². The van der Waals surface area contributed by atoms with Crippen LogP contribution in [0, 0.1) is 0 Å². The van der Waals surface area contributed by atoms with E-state index in [0.29, 0.717) is 13.0 Å². The highest BCUT2D eigenvalue weighted by atomic mass is 32.2. The van der Waals surface area contributed by atoms with E-state index in [0.717, 1.165) is 16.3 Å². The summed E-state index contributed by atoms with van der Waals surface area (Å²) in [6.45, 7) is 0.739. The van der Waals surface area contributed by atoms with Gasteiger partial charge in [0.2, 0.25) is 10.0 Å². The van der Waals surface area contributed by atoms with E-state index in [1.807, 2.05) is 61.6 Å². The number of hydrazine groups is 1. The van der Waals surface area contributed by atoms with Gasteiger partial charge in [0.25, 0.3) is 5.91 Å². The standard InChI is InChI=1S/C24H27N3O3S2/c1-25(16-18-8-4-3-5-9-18)26(2)24(28)23-15-21(31)17-27(23)32(29,30)22-13-12-19-10-6-7-11-20(19)14-22/h3-14,21,23,31H,15-17H2,1-2H3/t21-,23+/m1/s1. The number of thiol groups is 1. The molecular formula is C24H27N3O3S2. The normalized spacial score (nSPS) is 19.5. The molecule has 0 unspecified atom stereocenters. The number of hydrogen-bond acceptors (Lipinski definition) is 5. The van der Waals surface area contributed by atoms with Gasteiger partial charge in [-0.15, -0.1) is 0 Å². The van der Waals surface area contributed by atoms with Crippen LogP contribution in [0.4, 0.5) is 0 Å². The van der Waals surface area contributed by atoms with E-state index in [2.05, 4.69) is 12.6 Å². The molecule has 0 spiro atoms. The molecule has 0 bridgehead atoms. The summed E-state index contributed by atoms with van der Waals surface area (Å²) < 4.78 is 28.4. The highest BCUT2D eigenvalue weighted by molar-refractivity contribution is 7.89. The van der Waals surface area contributed by atoms with Crippen molar-refractivity contribution in [1.82, 2.24) is 14.3 Å². The third-order valence-electron chi connectivity index (χ3n) is 5.93. The molecule has 2 atom stereocenters. The summed E-state index contributed by atoms with van der Waals surface area (Å²) in [7, 11) is -0.359. The van der Waals surface area contributed by atoms with E-state index >= 15 is 0 Å². The molecule has 168 valence electrons. The molecule has 0 saturated carbocycles. The first-order valence-electron chi connectivity index (χ1n) is 10.5. The van der Waals surface area contributed by atoms with E-state index in [-0.39, 0.29) is 22.6 Å². The van der Waals surface area contributed by atoms with Crippen LogP contribution in [0.5, 0.6) is 0 Å². The van der Waals surface area contributed by atoms with Crippen LogP contribution < -0.4 is 0 Å². The fourth-order valence-electron chi connectivity index (χ4n) is 4.08. The van der Waals surface area contributed by atoms with Crippen LogP contribution in [0.15, 0.2) is 77.7 Å². The highest BCUT2D eigenvalue weighted by Crippen LogP contribution is 2.31. The first-order valence-corrected chi connectivity index (χ1v) is 12.4. The summed E-state index contributed by atoms with van der Waals surface area (Å²) >= 11 is 4.52. The molecule has 0 aliphatic carbocycles. The molecule has 1 saturated heterocycles. The first kappa shape index (κ1) is 22.8. The lowest BCUT2D eigenvalue weighted by Gasteiger charge is -2.33. The molecule has 1 heterocycles. The second-order valence-electron chi connectivity index (χ2n) is 8.15. The van der Waals surface area contributed by atoms with Gasteiger partial charge in [0.15, 0.2) is 0 Å². The Morgan fingerprint density at radius 2 is 1.66 bits per heavy atom. The number of hydrogen-bond donors (Lipinski definition) is 1. The van der Waals surface area contributed by atoms with Crippen LogP contribution in [0.1, 0.15) is 12.0 Å². The smallest absolute Gasteiger partial charge is 0.255 e. The lowest BCUT2D eigenvalue weighted by molar-refractivity contribution is -0.148. The predicted octanol–water partition coefficient (Wildman–Crippen LogP) is 3.41. The number of sulfonamides is 1. The number of carbonyl (C=O) groups excluding carboxylic acids is 1. The molecule has 3 aromatic rings. The first-order chi connectivity index (χ1) is 15.3. The third-order valence-corrected chi connectivity index (χ3v) is 8.18. The minimum atomic E-state index is -3.86. The average molecular weight is 470 g/mol. The SMILES string of the molecule is CN(Cc1ccccc1)N(C)C(=O)[C@@H]1C[C@@H](S)CN1S(=O)(=O)c1ccc2ccccc2c1. The number of likely N-dealkylation sites (N-methyl/N-ethyl adjacent to an activating group) is 1. The van der Waals surface area contributed by atoms with Crippen LogP contribution in [-0.4, -0.2) is 60.6 Å². The Hall–Kier alpha value is -2.39. The minimum absolute atomic E-state index is 0.191. The Morgan fingerprint density at radius 1 is 1.00 bits per heavy atom. The summed E-state index contributed by atoms with van der Waals surface area (Å²) in [5.41, 5.74) is 1.06. The van der Waals surface area contributed by atoms with Crippen molar-refractivity contribution in [2.75, 3.05) is 20.6 Å². The molecule has 3 aromatic carbocycles. The van der Waals surface area contributed by atoms with Crippen molar-refractivity contribution in [3.05, 3.63) is 78.4 Å². The third kappa shape index (κ3) is 4.54. The number of rotatable bonds is 6. The van der Waals surface area contributed by atoms with Crippen molar-refractivity contribution in [3.8, 4) is 0 Å². The van der Waals surface area contributed by atoms with Crippen LogP contribution in [0.2, 0.25) is 0 Å². The van der Waals surface area contributed by atoms with E-state index in [9.17, 15) is 13.2 Å². The van der Waals surface area contributed by atoms with Crippen molar-refractivity contribution in [3.63, 3.8) is 0 Å². The maximum Gasteiger partial charge on any atom is 0.255 e. The molecule has 1 fully saturated rings. The largest absolute Gasteiger partial charge is 0.277 e. The minimum Gasteiger partial charge on any atom is -0.277 e. The van der Waals surface area contributed by atoms with Gasteiger partial charge in [-0.25, -0.2) is 13.4 Å². The summed E-state index contributed by atoms with van der Waals surface area (Å²) in [6, 6.07) is 21.7. The molecule has 6 nitrogen and oxygen atoms in total.